The van der Waals surface area contributed by atoms with E-state index in [4.69, 9.17) is 5.73 Å². The van der Waals surface area contributed by atoms with Gasteiger partial charge in [0, 0.05) is 12.0 Å². The molecule has 2 rings (SSSR count). The van der Waals surface area contributed by atoms with Crippen molar-refractivity contribution in [2.24, 2.45) is 5.73 Å². The Morgan fingerprint density at radius 2 is 1.88 bits per heavy atom. The van der Waals surface area contributed by atoms with Gasteiger partial charge in [-0.25, -0.2) is 4.98 Å². The number of benzene rings is 1. The number of aromatic nitrogens is 1. The van der Waals surface area contributed by atoms with Crippen LogP contribution in [0.3, 0.4) is 0 Å². The molecule has 0 radical (unpaired) electrons. The van der Waals surface area contributed by atoms with Gasteiger partial charge < -0.3 is 10.5 Å². The smallest absolute Gasteiger partial charge is 0.260 e. The zero-order valence-electron chi connectivity index (χ0n) is 16.3. The fourth-order valence-electron chi connectivity index (χ4n) is 2.47. The molecule has 0 spiro atoms. The predicted octanol–water partition coefficient (Wildman–Crippen LogP) is 5.33. The second-order valence-electron chi connectivity index (χ2n) is 6.36. The molecule has 0 unspecified atom stereocenters. The van der Waals surface area contributed by atoms with E-state index >= 15 is 0 Å². The minimum atomic E-state index is -0.405. The third-order valence-electron chi connectivity index (χ3n) is 3.98. The lowest BCUT2D eigenvalue weighted by Gasteiger charge is -1.99. The van der Waals surface area contributed by atoms with Crippen molar-refractivity contribution in [2.75, 3.05) is 0 Å². The molecule has 1 aromatic carbocycles. The van der Waals surface area contributed by atoms with Gasteiger partial charge in [0.15, 0.2) is 0 Å². The van der Waals surface area contributed by atoms with Crippen molar-refractivity contribution in [3.63, 3.8) is 0 Å². The number of primary amides is 1. The number of nitrogens with two attached hydrogens (primary N) is 1. The number of carbonyl (C=O) groups is 2. The molecule has 1 aromatic heterocycles. The number of unbranched alkanes of at least 4 members (excludes halogenated alkanes) is 3. The molecule has 4 nitrogen and oxygen atoms in total. The molecular formula is C21H30N2O2S. The summed E-state index contributed by atoms with van der Waals surface area (Å²) in [6, 6.07) is 8.19. The fourth-order valence-corrected chi connectivity index (χ4v) is 3.39. The zero-order valence-corrected chi connectivity index (χ0v) is 17.1. The number of Topliss-reactive ketones (excluding diaryl/α,β-unsaturated/α-hetero) is 1. The lowest BCUT2D eigenvalue weighted by atomic mass is 10.1. The molecule has 142 valence electrons. The number of hydrogen-bond donors (Lipinski definition) is 1. The summed E-state index contributed by atoms with van der Waals surface area (Å²) in [4.78, 5) is 26.5. The van der Waals surface area contributed by atoms with Crippen molar-refractivity contribution in [3.05, 3.63) is 40.4 Å². The molecule has 0 saturated carbocycles. The zero-order chi connectivity index (χ0) is 19.5. The number of ketones is 1. The van der Waals surface area contributed by atoms with Gasteiger partial charge in [-0.3, -0.25) is 4.79 Å². The molecule has 0 aliphatic carbocycles. The highest BCUT2D eigenvalue weighted by atomic mass is 32.1. The van der Waals surface area contributed by atoms with E-state index in [-0.39, 0.29) is 0 Å². The Morgan fingerprint density at radius 1 is 1.15 bits per heavy atom. The van der Waals surface area contributed by atoms with Crippen molar-refractivity contribution in [2.45, 2.75) is 66.2 Å². The minimum Gasteiger partial charge on any atom is -0.365 e. The van der Waals surface area contributed by atoms with Crippen LogP contribution in [0.1, 0.15) is 73.8 Å². The fraction of sp³-hybridized carbons (Fsp3) is 0.476. The summed E-state index contributed by atoms with van der Waals surface area (Å²) in [5, 5.41) is 0.853. The lowest BCUT2D eigenvalue weighted by Crippen LogP contribution is -2.09. The monoisotopic (exact) mass is 374 g/mol. The molecule has 0 bridgehead atoms. The van der Waals surface area contributed by atoms with Gasteiger partial charge in [0.2, 0.25) is 0 Å². The van der Waals surface area contributed by atoms with Gasteiger partial charge in [0.25, 0.3) is 5.91 Å². The molecule has 5 heteroatoms. The van der Waals surface area contributed by atoms with E-state index in [0.717, 1.165) is 29.8 Å². The highest BCUT2D eigenvalue weighted by Crippen LogP contribution is 2.28. The predicted molar refractivity (Wildman–Crippen MR) is 110 cm³/mol. The number of aryl methyl sites for hydroxylation is 2. The van der Waals surface area contributed by atoms with E-state index in [1.54, 1.807) is 6.92 Å². The number of amides is 1. The van der Waals surface area contributed by atoms with Crippen LogP contribution in [0, 0.1) is 6.92 Å². The van der Waals surface area contributed by atoms with Crippen LogP contribution in [0.2, 0.25) is 0 Å². The Labute approximate surface area is 160 Å². The van der Waals surface area contributed by atoms with Crippen LogP contribution < -0.4 is 5.73 Å². The van der Waals surface area contributed by atoms with E-state index < -0.39 is 5.91 Å². The van der Waals surface area contributed by atoms with Crippen LogP contribution in [0.25, 0.3) is 10.6 Å². The third kappa shape index (κ3) is 7.48. The van der Waals surface area contributed by atoms with Crippen molar-refractivity contribution >= 4 is 23.0 Å². The summed E-state index contributed by atoms with van der Waals surface area (Å²) >= 11 is 1.35. The topological polar surface area (TPSA) is 73.1 Å². The number of thiazole rings is 1. The molecular weight excluding hydrogens is 344 g/mol. The van der Waals surface area contributed by atoms with Crippen LogP contribution in [0.5, 0.6) is 0 Å². The second-order valence-corrected chi connectivity index (χ2v) is 7.36. The highest BCUT2D eigenvalue weighted by Gasteiger charge is 2.13. The van der Waals surface area contributed by atoms with Gasteiger partial charge in [0.05, 0.1) is 5.69 Å². The molecule has 26 heavy (non-hydrogen) atoms. The van der Waals surface area contributed by atoms with Crippen LogP contribution in [0.4, 0.5) is 0 Å². The van der Waals surface area contributed by atoms with Gasteiger partial charge in [-0.1, -0.05) is 51.3 Å². The summed E-state index contributed by atoms with van der Waals surface area (Å²) in [6.07, 6.45) is 6.59. The number of carbonyl (C=O) groups excluding carboxylic acids is 2. The first-order chi connectivity index (χ1) is 12.4. The quantitative estimate of drug-likeness (QED) is 0.635. The van der Waals surface area contributed by atoms with Gasteiger partial charge in [-0.15, -0.1) is 11.3 Å². The average molecular weight is 375 g/mol. The maximum Gasteiger partial charge on any atom is 0.260 e. The van der Waals surface area contributed by atoms with Gasteiger partial charge in [0.1, 0.15) is 15.7 Å². The SMILES string of the molecule is CCCCCCC(C)=O.CCc1cccc(-c2nc(C)c(C(N)=O)s2)c1. The number of nitrogens with zero attached hydrogens (tertiary/aromatic N) is 1. The third-order valence-corrected chi connectivity index (χ3v) is 5.21. The van der Waals surface area contributed by atoms with E-state index in [2.05, 4.69) is 31.0 Å². The van der Waals surface area contributed by atoms with Crippen LogP contribution in [-0.2, 0) is 11.2 Å². The lowest BCUT2D eigenvalue weighted by molar-refractivity contribution is -0.117. The average Bonchev–Trinajstić information content (AvgIpc) is 3.01. The van der Waals surface area contributed by atoms with E-state index in [1.807, 2.05) is 19.1 Å². The van der Waals surface area contributed by atoms with Gasteiger partial charge in [-0.05, 0) is 38.3 Å². The van der Waals surface area contributed by atoms with E-state index in [0.29, 0.717) is 16.4 Å². The summed E-state index contributed by atoms with van der Waals surface area (Å²) < 4.78 is 0. The standard InChI is InChI=1S/C13H14N2OS.C8H16O/c1-3-9-5-4-6-10(7-9)13-15-8(2)11(17-13)12(14)16;1-3-4-5-6-7-8(2)9/h4-7H,3H2,1-2H3,(H2,14,16);3-7H2,1-2H3. The Kier molecular flexibility index (Phi) is 9.81. The molecule has 0 atom stereocenters. The number of rotatable bonds is 8. The molecule has 2 aromatic rings. The Hall–Kier alpha value is -2.01. The minimum absolute atomic E-state index is 0.325. The Balaban J connectivity index is 0.000000321. The second kappa shape index (κ2) is 11.6. The molecule has 2 N–H and O–H groups in total. The highest BCUT2D eigenvalue weighted by molar-refractivity contribution is 7.17. The van der Waals surface area contributed by atoms with Crippen molar-refractivity contribution in [3.8, 4) is 10.6 Å². The summed E-state index contributed by atoms with van der Waals surface area (Å²) in [5.41, 5.74) is 8.31. The maximum absolute atomic E-state index is 11.2. The first-order valence-electron chi connectivity index (χ1n) is 9.25. The molecule has 1 heterocycles. The maximum atomic E-state index is 11.2. The van der Waals surface area contributed by atoms with Crippen molar-refractivity contribution in [1.82, 2.24) is 4.98 Å². The Bertz CT molecular complexity index is 723. The Morgan fingerprint density at radius 3 is 2.42 bits per heavy atom. The summed E-state index contributed by atoms with van der Waals surface area (Å²) in [6.45, 7) is 7.75. The van der Waals surface area contributed by atoms with Crippen molar-refractivity contribution < 1.29 is 9.59 Å². The van der Waals surface area contributed by atoms with Crippen molar-refractivity contribution in [1.29, 1.82) is 0 Å². The molecule has 0 saturated heterocycles. The van der Waals surface area contributed by atoms with Crippen LogP contribution in [0.15, 0.2) is 24.3 Å². The summed E-state index contributed by atoms with van der Waals surface area (Å²) in [5.74, 6) is -0.0796. The molecule has 0 aliphatic rings. The first-order valence-corrected chi connectivity index (χ1v) is 10.1. The van der Waals surface area contributed by atoms with Gasteiger partial charge >= 0.3 is 0 Å². The molecule has 1 amide bonds. The molecule has 0 aliphatic heterocycles. The van der Waals surface area contributed by atoms with E-state index in [9.17, 15) is 9.59 Å². The molecule has 0 fully saturated rings. The first kappa shape index (κ1) is 22.0. The van der Waals surface area contributed by atoms with E-state index in [1.165, 1.54) is 36.2 Å². The van der Waals surface area contributed by atoms with Gasteiger partial charge in [-0.2, -0.15) is 0 Å². The van der Waals surface area contributed by atoms with Crippen LogP contribution >= 0.6 is 11.3 Å². The summed E-state index contributed by atoms with van der Waals surface area (Å²) in [7, 11) is 0. The largest absolute Gasteiger partial charge is 0.365 e. The van der Waals surface area contributed by atoms with Crippen LogP contribution in [-0.4, -0.2) is 16.7 Å². The normalized spacial score (nSPS) is 10.2. The number of hydrogen-bond acceptors (Lipinski definition) is 4.